The van der Waals surface area contributed by atoms with Crippen LogP contribution in [-0.4, -0.2) is 69.9 Å². The minimum Gasteiger partial charge on any atom is -0.384 e. The van der Waals surface area contributed by atoms with E-state index in [0.717, 1.165) is 57.9 Å². The topological polar surface area (TPSA) is 97.4 Å². The van der Waals surface area contributed by atoms with E-state index in [0.29, 0.717) is 40.4 Å². The Morgan fingerprint density at radius 2 is 1.69 bits per heavy atom. The first-order valence-electron chi connectivity index (χ1n) is 13.9. The molecule has 1 aromatic carbocycles. The predicted molar refractivity (Wildman–Crippen MR) is 150 cm³/mol. The molecule has 1 aliphatic carbocycles. The third-order valence-corrected chi connectivity index (χ3v) is 8.15. The average Bonchev–Trinajstić information content (AvgIpc) is 3.77. The zero-order valence-electron chi connectivity index (χ0n) is 21.9. The monoisotopic (exact) mass is 528 g/mol. The van der Waals surface area contributed by atoms with Crippen molar-refractivity contribution in [1.29, 1.82) is 0 Å². The molecule has 0 amide bonds. The highest BCUT2D eigenvalue weighted by Crippen LogP contribution is 2.45. The maximum absolute atomic E-state index is 15.5. The number of aromatic nitrogens is 4. The van der Waals surface area contributed by atoms with Crippen molar-refractivity contribution in [3.63, 3.8) is 0 Å². The summed E-state index contributed by atoms with van der Waals surface area (Å²) in [6.07, 6.45) is 5.81. The standard InChI is InChI=1S/C29H33FN8O/c30-26-23-18-32-29(35-28(23)38(27(26)19-4-5-19)25-3-1-2-24(31)34-25)33-20-6-8-21(9-7-20)36-12-10-22(11-13-36)37-14-16-39-17-15-37/h1-3,6-9,18-19,22H,4-5,10-17H2,(H2,31,34)(H,32,33,35). The van der Waals surface area contributed by atoms with Crippen molar-refractivity contribution in [3.05, 3.63) is 60.2 Å². The summed E-state index contributed by atoms with van der Waals surface area (Å²) < 4.78 is 22.8. The summed E-state index contributed by atoms with van der Waals surface area (Å²) in [5, 5.41) is 3.69. The normalized spacial score (nSPS) is 19.1. The Kier molecular flexibility index (Phi) is 6.28. The maximum atomic E-state index is 15.5. The van der Waals surface area contributed by atoms with Gasteiger partial charge in [0.2, 0.25) is 5.95 Å². The third kappa shape index (κ3) is 4.79. The third-order valence-electron chi connectivity index (χ3n) is 8.15. The van der Waals surface area contributed by atoms with E-state index in [1.54, 1.807) is 16.8 Å². The molecule has 3 aromatic heterocycles. The van der Waals surface area contributed by atoms with Crippen LogP contribution in [0.15, 0.2) is 48.7 Å². The van der Waals surface area contributed by atoms with Crippen LogP contribution in [0.5, 0.6) is 0 Å². The van der Waals surface area contributed by atoms with E-state index in [2.05, 4.69) is 37.2 Å². The number of hydrogen-bond donors (Lipinski definition) is 2. The SMILES string of the molecule is Nc1cccc(-n2c(C3CC3)c(F)c3cnc(Nc4ccc(N5CCC(N6CCOCC6)CC5)cc4)nc32)n1. The number of nitrogen functional groups attached to an aromatic ring is 1. The summed E-state index contributed by atoms with van der Waals surface area (Å²) in [6, 6.07) is 14.4. The number of hydrogen-bond acceptors (Lipinski definition) is 8. The van der Waals surface area contributed by atoms with Crippen LogP contribution < -0.4 is 16.0 Å². The molecule has 0 spiro atoms. The van der Waals surface area contributed by atoms with Gasteiger partial charge in [-0.25, -0.2) is 14.4 Å². The molecular formula is C29H33FN8O. The van der Waals surface area contributed by atoms with Gasteiger partial charge in [0.15, 0.2) is 11.5 Å². The van der Waals surface area contributed by atoms with E-state index >= 15 is 4.39 Å². The molecule has 2 aliphatic heterocycles. The molecule has 3 aliphatic rings. The van der Waals surface area contributed by atoms with Gasteiger partial charge in [-0.1, -0.05) is 6.07 Å². The molecule has 39 heavy (non-hydrogen) atoms. The van der Waals surface area contributed by atoms with Gasteiger partial charge in [-0.3, -0.25) is 9.47 Å². The number of pyridine rings is 1. The molecule has 1 saturated carbocycles. The van der Waals surface area contributed by atoms with E-state index in [9.17, 15) is 0 Å². The molecule has 3 N–H and O–H groups in total. The highest BCUT2D eigenvalue weighted by Gasteiger charge is 2.34. The Balaban J connectivity index is 1.09. The highest BCUT2D eigenvalue weighted by molar-refractivity contribution is 5.81. The molecule has 0 radical (unpaired) electrons. The van der Waals surface area contributed by atoms with Crippen LogP contribution in [0.1, 0.15) is 37.3 Å². The molecule has 0 atom stereocenters. The number of nitrogens with zero attached hydrogens (tertiary/aromatic N) is 6. The van der Waals surface area contributed by atoms with Crippen molar-refractivity contribution in [3.8, 4) is 5.82 Å². The number of nitrogens with two attached hydrogens (primary N) is 1. The smallest absolute Gasteiger partial charge is 0.229 e. The first kappa shape index (κ1) is 24.3. The average molecular weight is 529 g/mol. The van der Waals surface area contributed by atoms with Crippen LogP contribution in [0.3, 0.4) is 0 Å². The molecule has 202 valence electrons. The van der Waals surface area contributed by atoms with Crippen LogP contribution in [0.2, 0.25) is 0 Å². The van der Waals surface area contributed by atoms with Gasteiger partial charge in [0.1, 0.15) is 11.6 Å². The van der Waals surface area contributed by atoms with Crippen molar-refractivity contribution in [2.45, 2.75) is 37.6 Å². The number of piperidine rings is 1. The Bertz CT molecular complexity index is 1470. The van der Waals surface area contributed by atoms with Crippen LogP contribution in [0.25, 0.3) is 16.9 Å². The van der Waals surface area contributed by atoms with Crippen LogP contribution >= 0.6 is 0 Å². The van der Waals surface area contributed by atoms with Gasteiger partial charge in [-0.05, 0) is 62.1 Å². The first-order chi connectivity index (χ1) is 19.1. The number of nitrogens with one attached hydrogen (secondary N) is 1. The Morgan fingerprint density at radius 1 is 0.923 bits per heavy atom. The predicted octanol–water partition coefficient (Wildman–Crippen LogP) is 4.46. The summed E-state index contributed by atoms with van der Waals surface area (Å²) >= 11 is 0. The van der Waals surface area contributed by atoms with E-state index in [4.69, 9.17) is 15.5 Å². The fourth-order valence-corrected chi connectivity index (χ4v) is 5.94. The molecule has 5 heterocycles. The van der Waals surface area contributed by atoms with E-state index < -0.39 is 0 Å². The lowest BCUT2D eigenvalue weighted by molar-refractivity contribution is 0.0115. The zero-order chi connectivity index (χ0) is 26.3. The van der Waals surface area contributed by atoms with E-state index in [-0.39, 0.29) is 11.7 Å². The van der Waals surface area contributed by atoms with E-state index in [1.807, 2.05) is 24.3 Å². The lowest BCUT2D eigenvalue weighted by atomic mass is 10.0. The number of fused-ring (bicyclic) bond motifs is 1. The highest BCUT2D eigenvalue weighted by atomic mass is 19.1. The van der Waals surface area contributed by atoms with Crippen molar-refractivity contribution >= 4 is 34.2 Å². The van der Waals surface area contributed by atoms with Crippen molar-refractivity contribution in [2.75, 3.05) is 55.3 Å². The van der Waals surface area contributed by atoms with Crippen molar-refractivity contribution < 1.29 is 9.13 Å². The fourth-order valence-electron chi connectivity index (χ4n) is 5.94. The molecule has 0 unspecified atom stereocenters. The minimum atomic E-state index is -0.273. The minimum absolute atomic E-state index is 0.158. The molecule has 7 rings (SSSR count). The van der Waals surface area contributed by atoms with Crippen LogP contribution in [0, 0.1) is 5.82 Å². The summed E-state index contributed by atoms with van der Waals surface area (Å²) in [6.45, 7) is 5.91. The number of rotatable bonds is 6. The summed E-state index contributed by atoms with van der Waals surface area (Å²) in [7, 11) is 0. The molecule has 0 bridgehead atoms. The number of benzene rings is 1. The van der Waals surface area contributed by atoms with E-state index in [1.165, 1.54) is 18.5 Å². The second-order valence-corrected chi connectivity index (χ2v) is 10.7. The van der Waals surface area contributed by atoms with Gasteiger partial charge in [0, 0.05) is 55.7 Å². The Morgan fingerprint density at radius 3 is 2.41 bits per heavy atom. The second kappa shape index (κ2) is 10.1. The number of ether oxygens (including phenoxy) is 1. The van der Waals surface area contributed by atoms with Gasteiger partial charge in [-0.2, -0.15) is 4.98 Å². The first-order valence-corrected chi connectivity index (χ1v) is 13.9. The fraction of sp³-hybridized carbons (Fsp3) is 0.414. The lowest BCUT2D eigenvalue weighted by Gasteiger charge is -2.40. The summed E-state index contributed by atoms with van der Waals surface area (Å²) in [5.41, 5.74) is 9.15. The summed E-state index contributed by atoms with van der Waals surface area (Å²) in [5.74, 6) is 1.24. The molecular weight excluding hydrogens is 495 g/mol. The van der Waals surface area contributed by atoms with Gasteiger partial charge in [-0.15, -0.1) is 0 Å². The Hall–Kier alpha value is -3.76. The van der Waals surface area contributed by atoms with Crippen LogP contribution in [-0.2, 0) is 4.74 Å². The van der Waals surface area contributed by atoms with Crippen molar-refractivity contribution in [2.24, 2.45) is 0 Å². The number of morpholine rings is 1. The molecule has 2 saturated heterocycles. The lowest BCUT2D eigenvalue weighted by Crippen LogP contribution is -2.49. The van der Waals surface area contributed by atoms with Gasteiger partial charge < -0.3 is 20.7 Å². The summed E-state index contributed by atoms with van der Waals surface area (Å²) in [4.78, 5) is 18.7. The number of anilines is 4. The van der Waals surface area contributed by atoms with Gasteiger partial charge in [0.05, 0.1) is 24.3 Å². The van der Waals surface area contributed by atoms with Crippen molar-refractivity contribution in [1.82, 2.24) is 24.4 Å². The largest absolute Gasteiger partial charge is 0.384 e. The maximum Gasteiger partial charge on any atom is 0.229 e. The molecule has 3 fully saturated rings. The number of halogens is 1. The molecule has 9 nitrogen and oxygen atoms in total. The van der Waals surface area contributed by atoms with Crippen LogP contribution in [0.4, 0.5) is 27.5 Å². The second-order valence-electron chi connectivity index (χ2n) is 10.7. The van der Waals surface area contributed by atoms with Gasteiger partial charge in [0.25, 0.3) is 0 Å². The Labute approximate surface area is 226 Å². The van der Waals surface area contributed by atoms with Gasteiger partial charge >= 0.3 is 0 Å². The molecule has 4 aromatic rings. The molecule has 10 heteroatoms. The zero-order valence-corrected chi connectivity index (χ0v) is 21.9. The quantitative estimate of drug-likeness (QED) is 0.379.